The van der Waals surface area contributed by atoms with Gasteiger partial charge in [-0.25, -0.2) is 0 Å². The van der Waals surface area contributed by atoms with E-state index in [4.69, 9.17) is 5.73 Å². The first-order valence-corrected chi connectivity index (χ1v) is 5.51. The molecule has 0 amide bonds. The van der Waals surface area contributed by atoms with E-state index in [-0.39, 0.29) is 11.9 Å². The van der Waals surface area contributed by atoms with Crippen LogP contribution in [0, 0.1) is 5.92 Å². The summed E-state index contributed by atoms with van der Waals surface area (Å²) in [5, 5.41) is 12.6. The molecule has 0 spiro atoms. The van der Waals surface area contributed by atoms with Crippen LogP contribution >= 0.6 is 0 Å². The number of nitrogen functional groups attached to an aromatic ring is 1. The van der Waals surface area contributed by atoms with Gasteiger partial charge in [0.05, 0.1) is 6.10 Å². The van der Waals surface area contributed by atoms with Crippen molar-refractivity contribution in [2.75, 3.05) is 36.6 Å². The van der Waals surface area contributed by atoms with E-state index < -0.39 is 6.10 Å². The Morgan fingerprint density at radius 1 is 1.29 bits per heavy atom. The Morgan fingerprint density at radius 3 is 2.47 bits per heavy atom. The van der Waals surface area contributed by atoms with Crippen molar-refractivity contribution in [2.24, 2.45) is 5.92 Å². The lowest BCUT2D eigenvalue weighted by Crippen LogP contribution is -2.26. The average molecular weight is 240 g/mol. The molecule has 1 aromatic rings. The van der Waals surface area contributed by atoms with Crippen molar-refractivity contribution in [1.82, 2.24) is 15.0 Å². The molecule has 1 heterocycles. The molecule has 0 radical (unpaired) electrons. The van der Waals surface area contributed by atoms with Gasteiger partial charge in [0.2, 0.25) is 17.8 Å². The van der Waals surface area contributed by atoms with Gasteiger partial charge < -0.3 is 21.1 Å². The van der Waals surface area contributed by atoms with Crippen molar-refractivity contribution >= 4 is 17.8 Å². The van der Waals surface area contributed by atoms with Gasteiger partial charge in [-0.15, -0.1) is 0 Å². The lowest BCUT2D eigenvalue weighted by molar-refractivity contribution is 0.137. The van der Waals surface area contributed by atoms with Crippen molar-refractivity contribution < 1.29 is 5.11 Å². The third-order valence-corrected chi connectivity index (χ3v) is 2.28. The second-order valence-corrected chi connectivity index (χ2v) is 4.40. The molecule has 0 fully saturated rings. The Hall–Kier alpha value is -1.63. The number of hydrogen-bond acceptors (Lipinski definition) is 7. The molecular formula is C10H20N6O. The molecule has 96 valence electrons. The maximum Gasteiger partial charge on any atom is 0.231 e. The van der Waals surface area contributed by atoms with Crippen LogP contribution < -0.4 is 16.0 Å². The SMILES string of the molecule is CC(C)C(O)CNc1nc(N)nc(N(C)C)n1. The largest absolute Gasteiger partial charge is 0.391 e. The summed E-state index contributed by atoms with van der Waals surface area (Å²) in [4.78, 5) is 13.8. The minimum atomic E-state index is -0.448. The van der Waals surface area contributed by atoms with Gasteiger partial charge in [0.15, 0.2) is 0 Å². The molecule has 0 saturated heterocycles. The Morgan fingerprint density at radius 2 is 1.94 bits per heavy atom. The molecule has 7 nitrogen and oxygen atoms in total. The predicted molar refractivity (Wildman–Crippen MR) is 67.9 cm³/mol. The van der Waals surface area contributed by atoms with E-state index in [1.807, 2.05) is 27.9 Å². The van der Waals surface area contributed by atoms with Gasteiger partial charge >= 0.3 is 0 Å². The zero-order valence-corrected chi connectivity index (χ0v) is 10.7. The number of nitrogens with two attached hydrogens (primary N) is 1. The van der Waals surface area contributed by atoms with E-state index in [0.717, 1.165) is 0 Å². The van der Waals surface area contributed by atoms with Crippen molar-refractivity contribution in [3.63, 3.8) is 0 Å². The maximum absolute atomic E-state index is 9.66. The van der Waals surface area contributed by atoms with Gasteiger partial charge in [-0.05, 0) is 5.92 Å². The molecule has 0 aliphatic rings. The van der Waals surface area contributed by atoms with Crippen LogP contribution in [-0.2, 0) is 0 Å². The first-order valence-electron chi connectivity index (χ1n) is 5.51. The third-order valence-electron chi connectivity index (χ3n) is 2.28. The number of rotatable bonds is 5. The van der Waals surface area contributed by atoms with Crippen molar-refractivity contribution in [1.29, 1.82) is 0 Å². The molecule has 4 N–H and O–H groups in total. The highest BCUT2D eigenvalue weighted by Gasteiger charge is 2.11. The Bertz CT molecular complexity index is 368. The van der Waals surface area contributed by atoms with Crippen LogP contribution in [0.2, 0.25) is 0 Å². The van der Waals surface area contributed by atoms with Gasteiger partial charge in [-0.2, -0.15) is 15.0 Å². The average Bonchev–Trinajstić information content (AvgIpc) is 2.24. The summed E-state index contributed by atoms with van der Waals surface area (Å²) in [6, 6.07) is 0. The summed E-state index contributed by atoms with van der Waals surface area (Å²) in [7, 11) is 3.64. The van der Waals surface area contributed by atoms with Crippen LogP contribution in [0.25, 0.3) is 0 Å². The molecule has 1 unspecified atom stereocenters. The number of aliphatic hydroxyl groups is 1. The zero-order valence-electron chi connectivity index (χ0n) is 10.7. The summed E-state index contributed by atoms with van der Waals surface area (Å²) in [5.41, 5.74) is 5.57. The number of nitrogens with one attached hydrogen (secondary N) is 1. The van der Waals surface area contributed by atoms with Crippen LogP contribution in [0.1, 0.15) is 13.8 Å². The highest BCUT2D eigenvalue weighted by Crippen LogP contribution is 2.09. The van der Waals surface area contributed by atoms with E-state index in [0.29, 0.717) is 18.4 Å². The number of anilines is 3. The predicted octanol–water partition coefficient (Wildman–Crippen LogP) is -0.0514. The lowest BCUT2D eigenvalue weighted by Gasteiger charge is -2.16. The molecule has 1 atom stereocenters. The van der Waals surface area contributed by atoms with E-state index >= 15 is 0 Å². The summed E-state index contributed by atoms with van der Waals surface area (Å²) >= 11 is 0. The van der Waals surface area contributed by atoms with E-state index in [2.05, 4.69) is 20.3 Å². The van der Waals surface area contributed by atoms with E-state index in [1.165, 1.54) is 0 Å². The van der Waals surface area contributed by atoms with Crippen LogP contribution in [0.4, 0.5) is 17.8 Å². The summed E-state index contributed by atoms with van der Waals surface area (Å²) < 4.78 is 0. The topological polar surface area (TPSA) is 100 Å². The summed E-state index contributed by atoms with van der Waals surface area (Å²) in [5.74, 6) is 1.19. The quantitative estimate of drug-likeness (QED) is 0.663. The number of aromatic nitrogens is 3. The number of nitrogens with zero attached hydrogens (tertiary/aromatic N) is 4. The molecule has 7 heteroatoms. The minimum Gasteiger partial charge on any atom is -0.391 e. The van der Waals surface area contributed by atoms with E-state index in [9.17, 15) is 5.11 Å². The fourth-order valence-corrected chi connectivity index (χ4v) is 1.09. The lowest BCUT2D eigenvalue weighted by atomic mass is 10.1. The fraction of sp³-hybridized carbons (Fsp3) is 0.700. The molecular weight excluding hydrogens is 220 g/mol. The summed E-state index contributed by atoms with van der Waals surface area (Å²) in [6.07, 6.45) is -0.448. The molecule has 0 saturated carbocycles. The maximum atomic E-state index is 9.66. The monoisotopic (exact) mass is 240 g/mol. The number of hydrogen-bond donors (Lipinski definition) is 3. The molecule has 0 aromatic carbocycles. The van der Waals surface area contributed by atoms with Crippen LogP contribution in [0.15, 0.2) is 0 Å². The van der Waals surface area contributed by atoms with E-state index in [1.54, 1.807) is 4.90 Å². The van der Waals surface area contributed by atoms with Crippen molar-refractivity contribution in [2.45, 2.75) is 20.0 Å². The fourth-order valence-electron chi connectivity index (χ4n) is 1.09. The van der Waals surface area contributed by atoms with Crippen LogP contribution in [-0.4, -0.2) is 46.8 Å². The molecule has 17 heavy (non-hydrogen) atoms. The Balaban J connectivity index is 2.71. The van der Waals surface area contributed by atoms with Crippen molar-refractivity contribution in [3.8, 4) is 0 Å². The van der Waals surface area contributed by atoms with Crippen LogP contribution in [0.3, 0.4) is 0 Å². The highest BCUT2D eigenvalue weighted by molar-refractivity contribution is 5.40. The third kappa shape index (κ3) is 4.03. The van der Waals surface area contributed by atoms with Crippen LogP contribution in [0.5, 0.6) is 0 Å². The first-order chi connectivity index (χ1) is 7.90. The smallest absolute Gasteiger partial charge is 0.231 e. The second-order valence-electron chi connectivity index (χ2n) is 4.40. The van der Waals surface area contributed by atoms with Gasteiger partial charge in [-0.1, -0.05) is 13.8 Å². The normalized spacial score (nSPS) is 12.6. The van der Waals surface area contributed by atoms with Gasteiger partial charge in [0, 0.05) is 20.6 Å². The molecule has 0 bridgehead atoms. The van der Waals surface area contributed by atoms with Crippen molar-refractivity contribution in [3.05, 3.63) is 0 Å². The van der Waals surface area contributed by atoms with Gasteiger partial charge in [0.1, 0.15) is 0 Å². The van der Waals surface area contributed by atoms with Gasteiger partial charge in [-0.3, -0.25) is 0 Å². The Labute approximate surface area is 101 Å². The number of aliphatic hydroxyl groups excluding tert-OH is 1. The van der Waals surface area contributed by atoms with Gasteiger partial charge in [0.25, 0.3) is 0 Å². The molecule has 1 aromatic heterocycles. The first kappa shape index (κ1) is 13.4. The minimum absolute atomic E-state index is 0.158. The summed E-state index contributed by atoms with van der Waals surface area (Å²) in [6.45, 7) is 4.27. The molecule has 1 rings (SSSR count). The zero-order chi connectivity index (χ0) is 13.0. The highest BCUT2D eigenvalue weighted by atomic mass is 16.3. The molecule has 0 aliphatic heterocycles. The Kier molecular flexibility index (Phi) is 4.45. The standard InChI is InChI=1S/C10H20N6O/c1-6(2)7(17)5-12-9-13-8(11)14-10(15-9)16(3)4/h6-7,17H,5H2,1-4H3,(H3,11,12,13,14,15). The second kappa shape index (κ2) is 5.62. The molecule has 0 aliphatic carbocycles.